The van der Waals surface area contributed by atoms with Crippen LogP contribution in [0.5, 0.6) is 0 Å². The van der Waals surface area contributed by atoms with Crippen molar-refractivity contribution in [3.8, 4) is 0 Å². The number of allylic oxidation sites excluding steroid dienone is 1. The van der Waals surface area contributed by atoms with E-state index < -0.39 is 0 Å². The lowest BCUT2D eigenvalue weighted by atomic mass is 10.2. The van der Waals surface area contributed by atoms with Crippen LogP contribution in [0.15, 0.2) is 46.9 Å². The lowest BCUT2D eigenvalue weighted by Gasteiger charge is -1.95. The molecule has 17 heavy (non-hydrogen) atoms. The van der Waals surface area contributed by atoms with Gasteiger partial charge in [0.05, 0.1) is 0 Å². The number of carbonyl (C=O) groups excluding carboxylic acids is 1. The van der Waals surface area contributed by atoms with Crippen LogP contribution in [0.2, 0.25) is 5.02 Å². The molecule has 1 aromatic heterocycles. The lowest BCUT2D eigenvalue weighted by Crippen LogP contribution is -1.90. The average molecular weight is 247 g/mol. The van der Waals surface area contributed by atoms with Gasteiger partial charge < -0.3 is 4.42 Å². The molecule has 1 heterocycles. The van der Waals surface area contributed by atoms with Crippen LogP contribution in [0.4, 0.5) is 0 Å². The van der Waals surface area contributed by atoms with Crippen molar-refractivity contribution in [2.45, 2.75) is 6.92 Å². The summed E-state index contributed by atoms with van der Waals surface area (Å²) >= 11 is 5.97. The minimum atomic E-state index is -0.169. The number of hydrogen-bond donors (Lipinski definition) is 0. The van der Waals surface area contributed by atoms with Crippen molar-refractivity contribution in [2.24, 2.45) is 0 Å². The van der Waals surface area contributed by atoms with E-state index in [1.54, 1.807) is 31.2 Å². The molecule has 0 spiro atoms. The predicted molar refractivity (Wildman–Crippen MR) is 68.3 cm³/mol. The smallest absolute Gasteiger partial charge is 0.221 e. The van der Waals surface area contributed by atoms with Gasteiger partial charge in [0.1, 0.15) is 5.76 Å². The largest absolute Gasteiger partial charge is 0.458 e. The normalized spacial score (nSPS) is 10.9. The Labute approximate surface area is 105 Å². The molecule has 2 aromatic rings. The molecule has 0 saturated carbocycles. The Morgan fingerprint density at radius 3 is 2.65 bits per heavy atom. The summed E-state index contributed by atoms with van der Waals surface area (Å²) in [6.45, 7) is 1.80. The van der Waals surface area contributed by atoms with Gasteiger partial charge in [-0.2, -0.15) is 0 Å². The standard InChI is InChI=1S/C14H11ClO2/c1-10-6-9-14(17-10)13(16)8-7-11-4-2-3-5-12(11)15/h2-9H,1H3/b8-7+. The van der Waals surface area contributed by atoms with Crippen molar-refractivity contribution >= 4 is 23.5 Å². The van der Waals surface area contributed by atoms with Crippen LogP contribution in [0.3, 0.4) is 0 Å². The molecule has 0 atom stereocenters. The van der Waals surface area contributed by atoms with Gasteiger partial charge in [0.25, 0.3) is 0 Å². The Bertz CT molecular complexity index is 567. The minimum Gasteiger partial charge on any atom is -0.458 e. The quantitative estimate of drug-likeness (QED) is 0.602. The van der Waals surface area contributed by atoms with Gasteiger partial charge in [-0.25, -0.2) is 0 Å². The number of carbonyl (C=O) groups is 1. The number of benzene rings is 1. The fraction of sp³-hybridized carbons (Fsp3) is 0.0714. The van der Waals surface area contributed by atoms with Crippen molar-refractivity contribution in [3.05, 3.63) is 64.6 Å². The average Bonchev–Trinajstić information content (AvgIpc) is 2.74. The molecule has 0 radical (unpaired) electrons. The van der Waals surface area contributed by atoms with Gasteiger partial charge in [0.15, 0.2) is 5.76 Å². The van der Waals surface area contributed by atoms with E-state index in [2.05, 4.69) is 0 Å². The van der Waals surface area contributed by atoms with Crippen LogP contribution in [0.25, 0.3) is 6.08 Å². The molecule has 0 N–H and O–H groups in total. The van der Waals surface area contributed by atoms with Crippen LogP contribution in [0.1, 0.15) is 21.9 Å². The Hall–Kier alpha value is -1.80. The summed E-state index contributed by atoms with van der Waals surface area (Å²) in [5.41, 5.74) is 0.811. The van der Waals surface area contributed by atoms with Gasteiger partial charge in [0.2, 0.25) is 5.78 Å². The van der Waals surface area contributed by atoms with Gasteiger partial charge in [-0.1, -0.05) is 29.8 Å². The summed E-state index contributed by atoms with van der Waals surface area (Å²) in [7, 11) is 0. The zero-order valence-corrected chi connectivity index (χ0v) is 10.1. The molecule has 0 aliphatic carbocycles. The van der Waals surface area contributed by atoms with Gasteiger partial charge in [-0.15, -0.1) is 0 Å². The third-order valence-electron chi connectivity index (χ3n) is 2.30. The van der Waals surface area contributed by atoms with Crippen molar-refractivity contribution in [2.75, 3.05) is 0 Å². The van der Waals surface area contributed by atoms with E-state index in [1.807, 2.05) is 18.2 Å². The minimum absolute atomic E-state index is 0.169. The maximum Gasteiger partial charge on any atom is 0.221 e. The highest BCUT2D eigenvalue weighted by molar-refractivity contribution is 6.32. The highest BCUT2D eigenvalue weighted by Crippen LogP contribution is 2.17. The van der Waals surface area contributed by atoms with E-state index in [0.717, 1.165) is 11.3 Å². The highest BCUT2D eigenvalue weighted by atomic mass is 35.5. The number of ketones is 1. The Kier molecular flexibility index (Phi) is 3.45. The zero-order valence-electron chi connectivity index (χ0n) is 9.31. The van der Waals surface area contributed by atoms with E-state index in [0.29, 0.717) is 10.8 Å². The molecule has 0 aliphatic heterocycles. The number of halogens is 1. The van der Waals surface area contributed by atoms with E-state index in [9.17, 15) is 4.79 Å². The fourth-order valence-corrected chi connectivity index (χ4v) is 1.62. The summed E-state index contributed by atoms with van der Waals surface area (Å²) in [5, 5.41) is 0.618. The second-order valence-corrected chi connectivity index (χ2v) is 4.04. The van der Waals surface area contributed by atoms with E-state index in [4.69, 9.17) is 16.0 Å². The topological polar surface area (TPSA) is 30.2 Å². The summed E-state index contributed by atoms with van der Waals surface area (Å²) in [5.74, 6) is 0.892. The van der Waals surface area contributed by atoms with Gasteiger partial charge in [0, 0.05) is 5.02 Å². The second-order valence-electron chi connectivity index (χ2n) is 3.63. The van der Waals surface area contributed by atoms with Gasteiger partial charge in [-0.05, 0) is 42.8 Å². The first-order chi connectivity index (χ1) is 8.16. The molecule has 0 amide bonds. The third-order valence-corrected chi connectivity index (χ3v) is 2.65. The molecule has 3 heteroatoms. The van der Waals surface area contributed by atoms with Crippen LogP contribution in [0, 0.1) is 6.92 Å². The molecular formula is C14H11ClO2. The highest BCUT2D eigenvalue weighted by Gasteiger charge is 2.06. The third kappa shape index (κ3) is 2.86. The van der Waals surface area contributed by atoms with Gasteiger partial charge in [-0.3, -0.25) is 4.79 Å². The molecular weight excluding hydrogens is 236 g/mol. The predicted octanol–water partition coefficient (Wildman–Crippen LogP) is 4.14. The molecule has 0 saturated heterocycles. The summed E-state index contributed by atoms with van der Waals surface area (Å²) in [4.78, 5) is 11.7. The van der Waals surface area contributed by atoms with E-state index in [-0.39, 0.29) is 5.78 Å². The number of aryl methyl sites for hydroxylation is 1. The van der Waals surface area contributed by atoms with E-state index in [1.165, 1.54) is 6.08 Å². The zero-order chi connectivity index (χ0) is 12.3. The Balaban J connectivity index is 2.17. The molecule has 0 unspecified atom stereocenters. The van der Waals surface area contributed by atoms with Crippen molar-refractivity contribution < 1.29 is 9.21 Å². The van der Waals surface area contributed by atoms with E-state index >= 15 is 0 Å². The molecule has 1 aromatic carbocycles. The summed E-state index contributed by atoms with van der Waals surface area (Å²) in [6.07, 6.45) is 3.14. The first-order valence-electron chi connectivity index (χ1n) is 5.20. The van der Waals surface area contributed by atoms with Crippen molar-refractivity contribution in [1.29, 1.82) is 0 Å². The maximum atomic E-state index is 11.7. The van der Waals surface area contributed by atoms with Crippen molar-refractivity contribution in [3.63, 3.8) is 0 Å². The van der Waals surface area contributed by atoms with Crippen LogP contribution < -0.4 is 0 Å². The van der Waals surface area contributed by atoms with Gasteiger partial charge >= 0.3 is 0 Å². The first-order valence-corrected chi connectivity index (χ1v) is 5.58. The molecule has 0 aliphatic rings. The van der Waals surface area contributed by atoms with Crippen molar-refractivity contribution in [1.82, 2.24) is 0 Å². The van der Waals surface area contributed by atoms with Crippen LogP contribution >= 0.6 is 11.6 Å². The molecule has 0 bridgehead atoms. The van der Waals surface area contributed by atoms with Crippen LogP contribution in [-0.2, 0) is 0 Å². The first kappa shape index (κ1) is 11.7. The Morgan fingerprint density at radius 2 is 2.00 bits per heavy atom. The molecule has 0 fully saturated rings. The molecule has 2 rings (SSSR count). The monoisotopic (exact) mass is 246 g/mol. The lowest BCUT2D eigenvalue weighted by molar-refractivity contribution is 0.102. The number of rotatable bonds is 3. The summed E-state index contributed by atoms with van der Waals surface area (Å²) in [6, 6.07) is 10.8. The SMILES string of the molecule is Cc1ccc(C(=O)/C=C/c2ccccc2Cl)o1. The van der Waals surface area contributed by atoms with Crippen LogP contribution in [-0.4, -0.2) is 5.78 Å². The Morgan fingerprint density at radius 1 is 1.24 bits per heavy atom. The second kappa shape index (κ2) is 5.02. The fourth-order valence-electron chi connectivity index (χ4n) is 1.42. The number of furan rings is 1. The molecule has 86 valence electrons. The summed E-state index contributed by atoms with van der Waals surface area (Å²) < 4.78 is 5.23. The number of hydrogen-bond acceptors (Lipinski definition) is 2. The molecule has 2 nitrogen and oxygen atoms in total. The maximum absolute atomic E-state index is 11.7.